The SMILES string of the molecule is COc1cc(Cl)cc(C(=O)Nc2ccc(Cl)cc2)c1CC(=O)c1ccc(C(=N)N2CCCC2)cc1F. The Kier molecular flexibility index (Phi) is 7.91. The molecule has 186 valence electrons. The van der Waals surface area contributed by atoms with E-state index in [-0.39, 0.29) is 39.7 Å². The van der Waals surface area contributed by atoms with Crippen LogP contribution in [-0.4, -0.2) is 42.6 Å². The molecule has 1 aliphatic rings. The predicted molar refractivity (Wildman–Crippen MR) is 139 cm³/mol. The molecule has 0 unspecified atom stereocenters. The second-order valence-corrected chi connectivity index (χ2v) is 9.31. The molecule has 2 N–H and O–H groups in total. The van der Waals surface area contributed by atoms with Gasteiger partial charge < -0.3 is 15.0 Å². The highest BCUT2D eigenvalue weighted by Gasteiger charge is 2.23. The molecule has 1 amide bonds. The highest BCUT2D eigenvalue weighted by Crippen LogP contribution is 2.30. The summed E-state index contributed by atoms with van der Waals surface area (Å²) in [6.07, 6.45) is 1.71. The first-order chi connectivity index (χ1) is 17.3. The molecule has 1 heterocycles. The maximum absolute atomic E-state index is 15.0. The molecular formula is C27H24Cl2FN3O3. The number of anilines is 1. The van der Waals surface area contributed by atoms with E-state index < -0.39 is 17.5 Å². The number of amidine groups is 1. The van der Waals surface area contributed by atoms with Gasteiger partial charge in [0.1, 0.15) is 17.4 Å². The number of ketones is 1. The average molecular weight is 528 g/mol. The van der Waals surface area contributed by atoms with Crippen LogP contribution >= 0.6 is 23.2 Å². The number of carbonyl (C=O) groups is 2. The summed E-state index contributed by atoms with van der Waals surface area (Å²) < 4.78 is 20.4. The van der Waals surface area contributed by atoms with Crippen molar-refractivity contribution in [2.24, 2.45) is 0 Å². The molecule has 1 saturated heterocycles. The zero-order valence-corrected chi connectivity index (χ0v) is 21.0. The average Bonchev–Trinajstić information content (AvgIpc) is 3.40. The van der Waals surface area contributed by atoms with Crippen LogP contribution in [0.15, 0.2) is 54.6 Å². The van der Waals surface area contributed by atoms with Gasteiger partial charge in [-0.25, -0.2) is 4.39 Å². The molecule has 0 aromatic heterocycles. The maximum Gasteiger partial charge on any atom is 0.256 e. The Hall–Kier alpha value is -3.42. The van der Waals surface area contributed by atoms with Gasteiger partial charge in [0.25, 0.3) is 5.91 Å². The number of likely N-dealkylation sites (tertiary alicyclic amines) is 1. The third-order valence-corrected chi connectivity index (χ3v) is 6.51. The summed E-state index contributed by atoms with van der Waals surface area (Å²) in [7, 11) is 1.40. The number of nitrogens with one attached hydrogen (secondary N) is 2. The summed E-state index contributed by atoms with van der Waals surface area (Å²) in [6, 6.07) is 13.7. The van der Waals surface area contributed by atoms with Gasteiger partial charge >= 0.3 is 0 Å². The molecule has 0 bridgehead atoms. The lowest BCUT2D eigenvalue weighted by molar-refractivity contribution is 0.0987. The lowest BCUT2D eigenvalue weighted by Crippen LogP contribution is -2.27. The van der Waals surface area contributed by atoms with Gasteiger partial charge in [-0.1, -0.05) is 29.3 Å². The Bertz CT molecular complexity index is 1320. The van der Waals surface area contributed by atoms with Crippen molar-refractivity contribution in [2.75, 3.05) is 25.5 Å². The van der Waals surface area contributed by atoms with E-state index in [0.717, 1.165) is 25.9 Å². The molecule has 4 rings (SSSR count). The van der Waals surface area contributed by atoms with Crippen LogP contribution in [0.2, 0.25) is 10.0 Å². The number of hydrogen-bond donors (Lipinski definition) is 2. The van der Waals surface area contributed by atoms with Gasteiger partial charge in [-0.2, -0.15) is 0 Å². The lowest BCUT2D eigenvalue weighted by atomic mass is 9.96. The number of hydrogen-bond acceptors (Lipinski definition) is 4. The largest absolute Gasteiger partial charge is 0.496 e. The van der Waals surface area contributed by atoms with Crippen LogP contribution in [0.4, 0.5) is 10.1 Å². The Morgan fingerprint density at radius 3 is 2.33 bits per heavy atom. The minimum Gasteiger partial charge on any atom is -0.496 e. The van der Waals surface area contributed by atoms with Crippen molar-refractivity contribution in [3.63, 3.8) is 0 Å². The zero-order valence-electron chi connectivity index (χ0n) is 19.5. The minimum absolute atomic E-state index is 0.131. The van der Waals surface area contributed by atoms with Crippen molar-refractivity contribution < 1.29 is 18.7 Å². The smallest absolute Gasteiger partial charge is 0.256 e. The van der Waals surface area contributed by atoms with E-state index in [1.54, 1.807) is 30.3 Å². The number of rotatable bonds is 7. The van der Waals surface area contributed by atoms with Crippen molar-refractivity contribution in [1.29, 1.82) is 5.41 Å². The summed E-state index contributed by atoms with van der Waals surface area (Å²) in [5.41, 5.74) is 1.21. The fraction of sp³-hybridized carbons (Fsp3) is 0.222. The molecule has 0 saturated carbocycles. The van der Waals surface area contributed by atoms with Crippen molar-refractivity contribution >= 4 is 46.4 Å². The second-order valence-electron chi connectivity index (χ2n) is 8.43. The van der Waals surface area contributed by atoms with Crippen LogP contribution in [0.1, 0.15) is 44.7 Å². The fourth-order valence-corrected chi connectivity index (χ4v) is 4.51. The highest BCUT2D eigenvalue weighted by molar-refractivity contribution is 6.31. The molecular weight excluding hydrogens is 504 g/mol. The first-order valence-corrected chi connectivity index (χ1v) is 12.1. The summed E-state index contributed by atoms with van der Waals surface area (Å²) >= 11 is 12.1. The van der Waals surface area contributed by atoms with E-state index in [0.29, 0.717) is 16.3 Å². The lowest BCUT2D eigenvalue weighted by Gasteiger charge is -2.19. The number of amides is 1. The Morgan fingerprint density at radius 2 is 1.69 bits per heavy atom. The van der Waals surface area contributed by atoms with E-state index in [4.69, 9.17) is 33.3 Å². The number of carbonyl (C=O) groups excluding carboxylic acids is 2. The molecule has 9 heteroatoms. The van der Waals surface area contributed by atoms with Crippen molar-refractivity contribution in [3.8, 4) is 5.75 Å². The number of halogens is 3. The van der Waals surface area contributed by atoms with Crippen LogP contribution in [0.5, 0.6) is 5.75 Å². The zero-order chi connectivity index (χ0) is 25.8. The van der Waals surface area contributed by atoms with Crippen LogP contribution in [0, 0.1) is 11.2 Å². The van der Waals surface area contributed by atoms with Crippen molar-refractivity contribution in [2.45, 2.75) is 19.3 Å². The van der Waals surface area contributed by atoms with E-state index in [2.05, 4.69) is 5.32 Å². The summed E-state index contributed by atoms with van der Waals surface area (Å²) in [5, 5.41) is 11.8. The van der Waals surface area contributed by atoms with Gasteiger partial charge in [-0.05, 0) is 61.4 Å². The minimum atomic E-state index is -0.721. The molecule has 1 fully saturated rings. The third-order valence-electron chi connectivity index (χ3n) is 6.04. The Balaban J connectivity index is 1.60. The first-order valence-electron chi connectivity index (χ1n) is 11.4. The number of ether oxygens (including phenoxy) is 1. The van der Waals surface area contributed by atoms with Crippen molar-refractivity contribution in [1.82, 2.24) is 4.90 Å². The number of methoxy groups -OCH3 is 1. The molecule has 1 aliphatic heterocycles. The van der Waals surface area contributed by atoms with Crippen LogP contribution in [0.3, 0.4) is 0 Å². The van der Waals surface area contributed by atoms with Gasteiger partial charge in [-0.3, -0.25) is 15.0 Å². The monoisotopic (exact) mass is 527 g/mol. The summed E-state index contributed by atoms with van der Waals surface area (Å²) in [5.74, 6) is -1.28. The fourth-order valence-electron chi connectivity index (χ4n) is 4.18. The van der Waals surface area contributed by atoms with E-state index in [1.807, 2.05) is 4.90 Å². The molecule has 0 spiro atoms. The number of Topliss-reactive ketones (excluding diaryl/α,β-unsaturated/α-hetero) is 1. The molecule has 0 aliphatic carbocycles. The molecule has 3 aromatic carbocycles. The van der Waals surface area contributed by atoms with Gasteiger partial charge in [0, 0.05) is 51.9 Å². The number of benzene rings is 3. The Labute approximate surface area is 218 Å². The molecule has 0 atom stereocenters. The predicted octanol–water partition coefficient (Wildman–Crippen LogP) is 6.24. The van der Waals surface area contributed by atoms with E-state index >= 15 is 0 Å². The van der Waals surface area contributed by atoms with Gasteiger partial charge in [0.2, 0.25) is 0 Å². The summed E-state index contributed by atoms with van der Waals surface area (Å²) in [6.45, 7) is 1.52. The van der Waals surface area contributed by atoms with Crippen LogP contribution in [-0.2, 0) is 6.42 Å². The standard InChI is InChI=1S/C27H24Cl2FN3O3/c1-36-25-14-18(29)13-22(27(35)32-19-7-5-17(28)6-8-19)21(25)15-24(34)20-9-4-16(12-23(20)30)26(31)33-10-2-3-11-33/h4-9,12-14,31H,2-3,10-11,15H2,1H3,(H,32,35). The van der Waals surface area contributed by atoms with Crippen molar-refractivity contribution in [3.05, 3.63) is 92.7 Å². The molecule has 6 nitrogen and oxygen atoms in total. The second kappa shape index (κ2) is 11.1. The van der Waals surface area contributed by atoms with Crippen LogP contribution < -0.4 is 10.1 Å². The van der Waals surface area contributed by atoms with Gasteiger partial charge in [0.05, 0.1) is 12.7 Å². The first kappa shape index (κ1) is 25.7. The van der Waals surface area contributed by atoms with Crippen LogP contribution in [0.25, 0.3) is 0 Å². The topological polar surface area (TPSA) is 82.5 Å². The van der Waals surface area contributed by atoms with E-state index in [9.17, 15) is 14.0 Å². The number of nitrogens with zero attached hydrogens (tertiary/aromatic N) is 1. The Morgan fingerprint density at radius 1 is 1.00 bits per heavy atom. The normalized spacial score (nSPS) is 12.9. The molecule has 3 aromatic rings. The highest BCUT2D eigenvalue weighted by atomic mass is 35.5. The quantitative estimate of drug-likeness (QED) is 0.216. The maximum atomic E-state index is 15.0. The van der Waals surface area contributed by atoms with Gasteiger partial charge in [0.15, 0.2) is 5.78 Å². The molecule has 0 radical (unpaired) electrons. The summed E-state index contributed by atoms with van der Waals surface area (Å²) in [4.78, 5) is 28.1. The van der Waals surface area contributed by atoms with Gasteiger partial charge in [-0.15, -0.1) is 0 Å². The van der Waals surface area contributed by atoms with E-state index in [1.165, 1.54) is 31.4 Å². The molecule has 36 heavy (non-hydrogen) atoms. The third kappa shape index (κ3) is 5.69.